The van der Waals surface area contributed by atoms with Crippen LogP contribution in [0.15, 0.2) is 0 Å². The number of aliphatic hydroxyl groups is 1. The van der Waals surface area contributed by atoms with Gasteiger partial charge in [-0.25, -0.2) is 0 Å². The van der Waals surface area contributed by atoms with Crippen LogP contribution in [0.25, 0.3) is 0 Å². The third kappa shape index (κ3) is 4.11. The van der Waals surface area contributed by atoms with E-state index >= 15 is 0 Å². The van der Waals surface area contributed by atoms with E-state index in [0.717, 1.165) is 0 Å². The van der Waals surface area contributed by atoms with E-state index in [1.165, 1.54) is 0 Å². The van der Waals surface area contributed by atoms with Crippen molar-refractivity contribution in [2.45, 2.75) is 71.6 Å². The molecule has 3 unspecified atom stereocenters. The Bertz CT molecular complexity index is 952. The number of fused-ring (bicyclic) bond motifs is 6. The van der Waals surface area contributed by atoms with Gasteiger partial charge in [0.1, 0.15) is 24.0 Å². The van der Waals surface area contributed by atoms with E-state index in [1.807, 2.05) is 6.92 Å². The molecular weight excluding hydrogens is 614 g/mol. The number of carboxylic acids is 1. The first kappa shape index (κ1) is 30.9. The van der Waals surface area contributed by atoms with Crippen molar-refractivity contribution in [1.29, 1.82) is 0 Å². The van der Waals surface area contributed by atoms with E-state index in [9.17, 15) is 34.2 Å². The Hall–Kier alpha value is 0.318. The molecule has 5 aliphatic carbocycles. The van der Waals surface area contributed by atoms with Crippen LogP contribution in [0.4, 0.5) is 0 Å². The number of carbonyl (C=O) groups excluding carboxylic acids is 4. The number of aliphatic carboxylic acids is 1. The van der Waals surface area contributed by atoms with Crippen LogP contribution < -0.4 is 0 Å². The van der Waals surface area contributed by atoms with Crippen LogP contribution >= 0.6 is 0 Å². The molecule has 0 aromatic rings. The van der Waals surface area contributed by atoms with E-state index in [0.29, 0.717) is 57.8 Å². The molecule has 4 bridgehead atoms. The number of carboxylic acid groups (broad SMARTS) is 1. The fourth-order valence-electron chi connectivity index (χ4n) is 9.81. The van der Waals surface area contributed by atoms with Gasteiger partial charge in [-0.2, -0.15) is 0 Å². The van der Waals surface area contributed by atoms with Crippen LogP contribution in [-0.2, 0) is 89.4 Å². The number of ketones is 4. The summed E-state index contributed by atoms with van der Waals surface area (Å²) in [5, 5.41) is 19.6. The molecule has 0 aromatic carbocycles. The number of Topliss-reactive ketones (excluding diaryl/α,β-unsaturated/α-hetero) is 4. The standard InChI is InChI=1S/C27H36O7.2Y/c1-3-5-18(30)22-15-9-14(21(22)24(32)33)11-27(15)7-6-26(25(27)34)10-13-8-16(26)23(19(31)12-28)20(13)17(29)4-2;;/h13-16,20-23,28H,3-12H2,1-2H3,(H,32,33);;/t13?,14-,15?,16+,20-,21-,22-,23+,26?,27-;;/m0../s1. The minimum Gasteiger partial charge on any atom is -0.481 e. The molecule has 2 radical (unpaired) electrons. The van der Waals surface area contributed by atoms with Gasteiger partial charge in [0.2, 0.25) is 0 Å². The fourth-order valence-corrected chi connectivity index (χ4v) is 9.81. The number of carbonyl (C=O) groups is 5. The van der Waals surface area contributed by atoms with Crippen molar-refractivity contribution in [3.8, 4) is 0 Å². The van der Waals surface area contributed by atoms with Crippen molar-refractivity contribution in [2.75, 3.05) is 6.61 Å². The van der Waals surface area contributed by atoms with Crippen molar-refractivity contribution >= 4 is 29.1 Å². The number of hydrogen-bond donors (Lipinski definition) is 2. The number of rotatable bonds is 8. The molecular formula is C27H36O7Y2. The minimum atomic E-state index is -0.925. The molecule has 10 atom stereocenters. The van der Waals surface area contributed by atoms with E-state index in [2.05, 4.69) is 0 Å². The third-order valence-electron chi connectivity index (χ3n) is 10.8. The molecule has 5 aliphatic rings. The van der Waals surface area contributed by atoms with Crippen molar-refractivity contribution in [3.05, 3.63) is 0 Å². The minimum absolute atomic E-state index is 0. The van der Waals surface area contributed by atoms with Crippen LogP contribution in [0.1, 0.15) is 71.6 Å². The molecule has 0 aromatic heterocycles. The third-order valence-corrected chi connectivity index (χ3v) is 10.8. The molecule has 5 rings (SSSR count). The van der Waals surface area contributed by atoms with Gasteiger partial charge < -0.3 is 10.2 Å². The molecule has 0 amide bonds. The van der Waals surface area contributed by atoms with Gasteiger partial charge in [-0.1, -0.05) is 13.8 Å². The number of aliphatic hydroxyl groups excluding tert-OH is 1. The Morgan fingerprint density at radius 2 is 1.31 bits per heavy atom. The van der Waals surface area contributed by atoms with Crippen molar-refractivity contribution in [1.82, 2.24) is 0 Å². The van der Waals surface area contributed by atoms with Crippen LogP contribution in [0, 0.1) is 58.2 Å². The summed E-state index contributed by atoms with van der Waals surface area (Å²) in [7, 11) is 0. The van der Waals surface area contributed by atoms with Gasteiger partial charge in [0.05, 0.1) is 5.92 Å². The molecule has 192 valence electrons. The van der Waals surface area contributed by atoms with E-state index in [4.69, 9.17) is 0 Å². The van der Waals surface area contributed by atoms with Crippen molar-refractivity contribution in [2.24, 2.45) is 58.2 Å². The average Bonchev–Trinajstić information content (AvgIpc) is 3.60. The van der Waals surface area contributed by atoms with Crippen molar-refractivity contribution < 1.29 is 99.6 Å². The molecule has 2 N–H and O–H groups in total. The first-order chi connectivity index (χ1) is 16.2. The molecule has 9 heteroatoms. The van der Waals surface area contributed by atoms with Gasteiger partial charge in [-0.05, 0) is 68.6 Å². The molecule has 5 saturated carbocycles. The van der Waals surface area contributed by atoms with Crippen LogP contribution in [-0.4, -0.2) is 45.9 Å². The monoisotopic (exact) mass is 650 g/mol. The van der Waals surface area contributed by atoms with E-state index in [1.54, 1.807) is 6.92 Å². The summed E-state index contributed by atoms with van der Waals surface area (Å²) < 4.78 is 0. The molecule has 0 aliphatic heterocycles. The van der Waals surface area contributed by atoms with Gasteiger partial charge in [0, 0.05) is 107 Å². The largest absolute Gasteiger partial charge is 0.481 e. The summed E-state index contributed by atoms with van der Waals surface area (Å²) in [5.74, 6) is -4.04. The predicted octanol–water partition coefficient (Wildman–Crippen LogP) is 2.86. The zero-order valence-electron chi connectivity index (χ0n) is 21.3. The summed E-state index contributed by atoms with van der Waals surface area (Å²) in [6.07, 6.45) is 5.04. The van der Waals surface area contributed by atoms with E-state index in [-0.39, 0.29) is 112 Å². The Morgan fingerprint density at radius 1 is 0.806 bits per heavy atom. The topological polar surface area (TPSA) is 126 Å². The van der Waals surface area contributed by atoms with Crippen molar-refractivity contribution in [3.63, 3.8) is 0 Å². The first-order valence-electron chi connectivity index (χ1n) is 13.1. The van der Waals surface area contributed by atoms with E-state index < -0.39 is 47.1 Å². The summed E-state index contributed by atoms with van der Waals surface area (Å²) >= 11 is 0. The fraction of sp³-hybridized carbons (Fsp3) is 0.815. The zero-order chi connectivity index (χ0) is 24.6. The molecule has 0 saturated heterocycles. The van der Waals surface area contributed by atoms with Crippen LogP contribution in [0.2, 0.25) is 0 Å². The Morgan fingerprint density at radius 3 is 1.75 bits per heavy atom. The Kier molecular flexibility index (Phi) is 9.48. The SMILES string of the molecule is CCCC(=O)[C@@H]1C2C[C@@H](C[C@@]23CCC2(CC4C[C@@H]2[C@H](C(=O)CO)[C@@H]4C(=O)CC)C3=O)[C@@H]1C(=O)O.[Y].[Y]. The smallest absolute Gasteiger partial charge is 0.307 e. The van der Waals surface area contributed by atoms with Gasteiger partial charge in [0.15, 0.2) is 5.78 Å². The zero-order valence-corrected chi connectivity index (χ0v) is 27.0. The quantitative estimate of drug-likeness (QED) is 0.414. The van der Waals surface area contributed by atoms with Gasteiger partial charge in [0.25, 0.3) is 0 Å². The normalized spacial score (nSPS) is 43.6. The number of hydrogen-bond acceptors (Lipinski definition) is 6. The molecule has 36 heavy (non-hydrogen) atoms. The second-order valence-corrected chi connectivity index (χ2v) is 11.9. The summed E-state index contributed by atoms with van der Waals surface area (Å²) in [6.45, 7) is 3.09. The van der Waals surface area contributed by atoms with Gasteiger partial charge in [-0.3, -0.25) is 24.0 Å². The Balaban J connectivity index is 0.00000180. The maximum absolute atomic E-state index is 14.4. The van der Waals surface area contributed by atoms with Gasteiger partial charge >= 0.3 is 5.97 Å². The maximum Gasteiger partial charge on any atom is 0.307 e. The second kappa shape index (κ2) is 11.1. The first-order valence-corrected chi connectivity index (χ1v) is 13.1. The summed E-state index contributed by atoms with van der Waals surface area (Å²) in [5.41, 5.74) is -1.35. The van der Waals surface area contributed by atoms with Crippen LogP contribution in [0.5, 0.6) is 0 Å². The maximum atomic E-state index is 14.4. The molecule has 0 heterocycles. The molecule has 2 spiro atoms. The van der Waals surface area contributed by atoms with Crippen LogP contribution in [0.3, 0.4) is 0 Å². The average molecular weight is 650 g/mol. The Labute approximate surface area is 262 Å². The molecule has 7 nitrogen and oxygen atoms in total. The summed E-state index contributed by atoms with van der Waals surface area (Å²) in [6, 6.07) is 0. The summed E-state index contributed by atoms with van der Waals surface area (Å²) in [4.78, 5) is 65.2. The predicted molar refractivity (Wildman–Crippen MR) is 120 cm³/mol. The second-order valence-electron chi connectivity index (χ2n) is 11.9. The molecule has 5 fully saturated rings. The van der Waals surface area contributed by atoms with Gasteiger partial charge in [-0.15, -0.1) is 0 Å².